The third-order valence-electron chi connectivity index (χ3n) is 5.03. The minimum atomic E-state index is -0.0898. The Morgan fingerprint density at radius 2 is 2.14 bits per heavy atom. The number of ether oxygens (including phenoxy) is 1. The second kappa shape index (κ2) is 4.83. The van der Waals surface area contributed by atoms with Crippen molar-refractivity contribution in [3.8, 4) is 0 Å². The van der Waals surface area contributed by atoms with E-state index in [1.165, 1.54) is 0 Å². The normalized spacial score (nSPS) is 31.8. The van der Waals surface area contributed by atoms with Crippen LogP contribution in [-0.2, 0) is 11.8 Å². The molecule has 0 spiro atoms. The Kier molecular flexibility index (Phi) is 3.35. The first-order valence-corrected chi connectivity index (χ1v) is 7.77. The molecule has 21 heavy (non-hydrogen) atoms. The first-order valence-electron chi connectivity index (χ1n) is 7.77. The van der Waals surface area contributed by atoms with Crippen LogP contribution in [0.4, 0.5) is 0 Å². The van der Waals surface area contributed by atoms with E-state index in [0.717, 1.165) is 32.4 Å². The van der Waals surface area contributed by atoms with Gasteiger partial charge in [-0.2, -0.15) is 5.10 Å². The van der Waals surface area contributed by atoms with E-state index in [9.17, 15) is 4.79 Å². The van der Waals surface area contributed by atoms with Crippen LogP contribution < -0.4 is 0 Å². The molecule has 0 saturated carbocycles. The number of carbonyl (C=O) groups is 1. The number of hydrogen-bond acceptors (Lipinski definition) is 3. The zero-order valence-corrected chi connectivity index (χ0v) is 13.4. The average molecular weight is 291 g/mol. The average Bonchev–Trinajstić information content (AvgIpc) is 2.82. The van der Waals surface area contributed by atoms with Crippen molar-refractivity contribution in [2.75, 3.05) is 13.1 Å². The summed E-state index contributed by atoms with van der Waals surface area (Å²) in [5, 5.41) is 4.09. The van der Waals surface area contributed by atoms with E-state index < -0.39 is 0 Å². The van der Waals surface area contributed by atoms with E-state index in [2.05, 4.69) is 25.9 Å². The summed E-state index contributed by atoms with van der Waals surface area (Å²) in [7, 11) is 1.83. The van der Waals surface area contributed by atoms with Crippen molar-refractivity contribution in [3.63, 3.8) is 0 Å². The van der Waals surface area contributed by atoms with Gasteiger partial charge < -0.3 is 9.64 Å². The van der Waals surface area contributed by atoms with Crippen molar-refractivity contribution in [1.29, 1.82) is 0 Å². The lowest BCUT2D eigenvalue weighted by Crippen LogP contribution is -2.58. The predicted molar refractivity (Wildman–Crippen MR) is 80.0 cm³/mol. The molecule has 2 saturated heterocycles. The largest absolute Gasteiger partial charge is 0.369 e. The molecule has 5 heteroatoms. The van der Waals surface area contributed by atoms with Crippen molar-refractivity contribution < 1.29 is 9.53 Å². The molecule has 1 aromatic rings. The number of piperidine rings is 1. The quantitative estimate of drug-likeness (QED) is 0.797. The Morgan fingerprint density at radius 1 is 1.38 bits per heavy atom. The van der Waals surface area contributed by atoms with Crippen molar-refractivity contribution in [2.24, 2.45) is 13.0 Å². The van der Waals surface area contributed by atoms with Crippen LogP contribution in [0.1, 0.15) is 50.4 Å². The molecule has 0 N–H and O–H groups in total. The highest BCUT2D eigenvalue weighted by atomic mass is 16.5. The molecule has 1 amide bonds. The lowest BCUT2D eigenvalue weighted by molar-refractivity contribution is -0.210. The molecule has 2 atom stereocenters. The van der Waals surface area contributed by atoms with Gasteiger partial charge in [0.15, 0.2) is 0 Å². The molecule has 0 aromatic carbocycles. The Balaban J connectivity index is 1.72. The predicted octanol–water partition coefficient (Wildman–Crippen LogP) is 2.23. The van der Waals surface area contributed by atoms with Crippen LogP contribution in [0.5, 0.6) is 0 Å². The van der Waals surface area contributed by atoms with Crippen molar-refractivity contribution in [1.82, 2.24) is 14.7 Å². The molecule has 0 bridgehead atoms. The van der Waals surface area contributed by atoms with Crippen LogP contribution in [0.3, 0.4) is 0 Å². The second-order valence-electron chi connectivity index (χ2n) is 7.31. The van der Waals surface area contributed by atoms with Gasteiger partial charge in [0, 0.05) is 32.3 Å². The standard InChI is InChI=1S/C16H25N3O2/c1-15(2)6-5-13-11-19(8-7-16(13,3)21-15)14(20)12-9-17-18(4)10-12/h9-10,13H,5-8,11H2,1-4H3/t13-,16+/m0/s1. The van der Waals surface area contributed by atoms with Crippen LogP contribution in [0.15, 0.2) is 12.4 Å². The summed E-state index contributed by atoms with van der Waals surface area (Å²) in [6.45, 7) is 8.10. The molecule has 2 aliphatic heterocycles. The fourth-order valence-electron chi connectivity index (χ4n) is 3.75. The van der Waals surface area contributed by atoms with Crippen LogP contribution in [0.2, 0.25) is 0 Å². The van der Waals surface area contributed by atoms with E-state index >= 15 is 0 Å². The Morgan fingerprint density at radius 3 is 2.81 bits per heavy atom. The Labute approximate surface area is 126 Å². The van der Waals surface area contributed by atoms with Crippen LogP contribution in [0.25, 0.3) is 0 Å². The van der Waals surface area contributed by atoms with Gasteiger partial charge in [0.1, 0.15) is 0 Å². The van der Waals surface area contributed by atoms with Crippen molar-refractivity contribution in [2.45, 2.75) is 51.2 Å². The summed E-state index contributed by atoms with van der Waals surface area (Å²) >= 11 is 0. The molecule has 2 fully saturated rings. The molecule has 0 radical (unpaired) electrons. The van der Waals surface area contributed by atoms with Crippen LogP contribution in [-0.4, -0.2) is 44.9 Å². The fraction of sp³-hybridized carbons (Fsp3) is 0.750. The zero-order chi connectivity index (χ0) is 15.3. The number of rotatable bonds is 1. The molecule has 116 valence electrons. The smallest absolute Gasteiger partial charge is 0.257 e. The number of aryl methyl sites for hydroxylation is 1. The Bertz CT molecular complexity index is 551. The number of fused-ring (bicyclic) bond motifs is 1. The topological polar surface area (TPSA) is 47.4 Å². The number of likely N-dealkylation sites (tertiary alicyclic amines) is 1. The summed E-state index contributed by atoms with van der Waals surface area (Å²) in [5.41, 5.74) is 0.548. The molecular formula is C16H25N3O2. The second-order valence-corrected chi connectivity index (χ2v) is 7.31. The summed E-state index contributed by atoms with van der Waals surface area (Å²) in [5.74, 6) is 0.523. The van der Waals surface area contributed by atoms with Crippen molar-refractivity contribution >= 4 is 5.91 Å². The van der Waals surface area contributed by atoms with Gasteiger partial charge in [-0.3, -0.25) is 9.48 Å². The van der Waals surface area contributed by atoms with E-state index in [1.807, 2.05) is 11.9 Å². The maximum Gasteiger partial charge on any atom is 0.257 e. The lowest BCUT2D eigenvalue weighted by atomic mass is 9.74. The Hall–Kier alpha value is -1.36. The molecule has 1 aromatic heterocycles. The van der Waals surface area contributed by atoms with E-state index in [0.29, 0.717) is 11.5 Å². The molecule has 3 heterocycles. The third-order valence-corrected chi connectivity index (χ3v) is 5.03. The fourth-order valence-corrected chi connectivity index (χ4v) is 3.75. The number of carbonyl (C=O) groups excluding carboxylic acids is 1. The first-order chi connectivity index (χ1) is 9.79. The molecule has 0 aliphatic carbocycles. The lowest BCUT2D eigenvalue weighted by Gasteiger charge is -2.53. The highest BCUT2D eigenvalue weighted by Gasteiger charge is 2.48. The van der Waals surface area contributed by atoms with Gasteiger partial charge in [0.05, 0.1) is 23.0 Å². The van der Waals surface area contributed by atoms with E-state index in [-0.39, 0.29) is 17.1 Å². The van der Waals surface area contributed by atoms with Gasteiger partial charge in [-0.15, -0.1) is 0 Å². The molecule has 5 nitrogen and oxygen atoms in total. The minimum absolute atomic E-state index is 0.0409. The molecule has 0 unspecified atom stereocenters. The number of amides is 1. The van der Waals surface area contributed by atoms with E-state index in [4.69, 9.17) is 4.74 Å². The van der Waals surface area contributed by atoms with Crippen LogP contribution in [0, 0.1) is 5.92 Å². The summed E-state index contributed by atoms with van der Waals surface area (Å²) < 4.78 is 8.02. The van der Waals surface area contributed by atoms with E-state index in [1.54, 1.807) is 17.1 Å². The third kappa shape index (κ3) is 2.71. The summed E-state index contributed by atoms with van der Waals surface area (Å²) in [6.07, 6.45) is 6.53. The number of nitrogens with zero attached hydrogens (tertiary/aromatic N) is 3. The van der Waals surface area contributed by atoms with Gasteiger partial charge in [-0.1, -0.05) is 0 Å². The maximum atomic E-state index is 12.6. The highest BCUT2D eigenvalue weighted by Crippen LogP contribution is 2.44. The van der Waals surface area contributed by atoms with Gasteiger partial charge in [0.25, 0.3) is 5.91 Å². The van der Waals surface area contributed by atoms with Gasteiger partial charge in [0.2, 0.25) is 0 Å². The molecular weight excluding hydrogens is 266 g/mol. The van der Waals surface area contributed by atoms with Gasteiger partial charge in [-0.05, 0) is 40.0 Å². The monoisotopic (exact) mass is 291 g/mol. The zero-order valence-electron chi connectivity index (χ0n) is 13.4. The molecule has 3 rings (SSSR count). The summed E-state index contributed by atoms with van der Waals surface area (Å²) in [4.78, 5) is 14.5. The SMILES string of the molecule is Cn1cc(C(=O)N2CC[C@@]3(C)OC(C)(C)CC[C@H]3C2)cn1. The minimum Gasteiger partial charge on any atom is -0.369 e. The first kappa shape index (κ1) is 14.6. The van der Waals surface area contributed by atoms with Crippen molar-refractivity contribution in [3.05, 3.63) is 18.0 Å². The number of hydrogen-bond donors (Lipinski definition) is 0. The van der Waals surface area contributed by atoms with Crippen LogP contribution >= 0.6 is 0 Å². The van der Waals surface area contributed by atoms with Gasteiger partial charge in [-0.25, -0.2) is 0 Å². The number of aromatic nitrogens is 2. The molecule has 2 aliphatic rings. The highest BCUT2D eigenvalue weighted by molar-refractivity contribution is 5.93. The maximum absolute atomic E-state index is 12.6. The van der Waals surface area contributed by atoms with Gasteiger partial charge >= 0.3 is 0 Å². The summed E-state index contributed by atoms with van der Waals surface area (Å²) in [6, 6.07) is 0.